The second kappa shape index (κ2) is 5.92. The maximum atomic E-state index is 13.8. The number of amides is 2. The van der Waals surface area contributed by atoms with Gasteiger partial charge in [0.25, 0.3) is 5.91 Å². The van der Waals surface area contributed by atoms with Crippen molar-refractivity contribution in [3.8, 4) is 0 Å². The first kappa shape index (κ1) is 15.6. The predicted octanol–water partition coefficient (Wildman–Crippen LogP) is 2.22. The second-order valence-electron chi connectivity index (χ2n) is 4.74. The van der Waals surface area contributed by atoms with Crippen LogP contribution in [0.2, 0.25) is 0 Å². The summed E-state index contributed by atoms with van der Waals surface area (Å²) in [4.78, 5) is 23.1. The van der Waals surface area contributed by atoms with Gasteiger partial charge < -0.3 is 10.6 Å². The molecule has 0 unspecified atom stereocenters. The van der Waals surface area contributed by atoms with Crippen molar-refractivity contribution < 1.29 is 18.4 Å². The molecule has 2 rings (SSSR count). The quantitative estimate of drug-likeness (QED) is 0.913. The molecule has 2 amide bonds. The van der Waals surface area contributed by atoms with Gasteiger partial charge in [0.1, 0.15) is 17.3 Å². The summed E-state index contributed by atoms with van der Waals surface area (Å²) in [6.45, 7) is 2.91. The van der Waals surface area contributed by atoms with Gasteiger partial charge in [-0.1, -0.05) is 0 Å². The zero-order chi connectivity index (χ0) is 16.4. The first-order valence-corrected chi connectivity index (χ1v) is 6.36. The molecule has 0 spiro atoms. The third-order valence-electron chi connectivity index (χ3n) is 2.85. The van der Waals surface area contributed by atoms with E-state index < -0.39 is 23.4 Å². The Balaban J connectivity index is 2.30. The normalized spacial score (nSPS) is 10.4. The van der Waals surface area contributed by atoms with Crippen LogP contribution in [0.1, 0.15) is 23.1 Å². The Hall–Kier alpha value is -2.77. The van der Waals surface area contributed by atoms with E-state index in [-0.39, 0.29) is 17.1 Å². The van der Waals surface area contributed by atoms with Crippen LogP contribution in [0.3, 0.4) is 0 Å². The summed E-state index contributed by atoms with van der Waals surface area (Å²) < 4.78 is 28.6. The highest BCUT2D eigenvalue weighted by molar-refractivity contribution is 6.03. The summed E-state index contributed by atoms with van der Waals surface area (Å²) in [5, 5.41) is 8.56. The van der Waals surface area contributed by atoms with Crippen molar-refractivity contribution in [3.63, 3.8) is 0 Å². The van der Waals surface area contributed by atoms with Crippen LogP contribution in [-0.2, 0) is 11.8 Å². The molecule has 116 valence electrons. The Morgan fingerprint density at radius 3 is 2.18 bits per heavy atom. The number of benzene rings is 1. The minimum Gasteiger partial charge on any atom is -0.324 e. The average Bonchev–Trinajstić information content (AvgIpc) is 2.73. The lowest BCUT2D eigenvalue weighted by atomic mass is 10.2. The monoisotopic (exact) mass is 308 g/mol. The van der Waals surface area contributed by atoms with Crippen LogP contribution in [0.15, 0.2) is 18.2 Å². The second-order valence-corrected chi connectivity index (χ2v) is 4.74. The predicted molar refractivity (Wildman–Crippen MR) is 76.6 cm³/mol. The van der Waals surface area contributed by atoms with E-state index in [1.165, 1.54) is 17.7 Å². The summed E-state index contributed by atoms with van der Waals surface area (Å²) in [7, 11) is 1.58. The van der Waals surface area contributed by atoms with Gasteiger partial charge in [0.05, 0.1) is 17.1 Å². The summed E-state index contributed by atoms with van der Waals surface area (Å²) in [5.74, 6) is -2.98. The molecule has 0 saturated heterocycles. The molecule has 22 heavy (non-hydrogen) atoms. The van der Waals surface area contributed by atoms with E-state index in [9.17, 15) is 18.4 Å². The van der Waals surface area contributed by atoms with Crippen LogP contribution < -0.4 is 10.6 Å². The largest absolute Gasteiger partial charge is 0.324 e. The highest BCUT2D eigenvalue weighted by Crippen LogP contribution is 2.24. The number of anilines is 2. The van der Waals surface area contributed by atoms with E-state index in [1.54, 1.807) is 14.0 Å². The molecule has 1 heterocycles. The molecule has 0 aliphatic carbocycles. The zero-order valence-electron chi connectivity index (χ0n) is 12.2. The summed E-state index contributed by atoms with van der Waals surface area (Å²) >= 11 is 0. The van der Waals surface area contributed by atoms with Crippen molar-refractivity contribution in [2.75, 3.05) is 10.6 Å². The van der Waals surface area contributed by atoms with Crippen LogP contribution in [0.5, 0.6) is 0 Å². The molecule has 2 aromatic rings. The van der Waals surface area contributed by atoms with Gasteiger partial charge in [-0.3, -0.25) is 14.3 Å². The maximum Gasteiger partial charge on any atom is 0.274 e. The number of nitrogens with one attached hydrogen (secondary N) is 2. The van der Waals surface area contributed by atoms with Gasteiger partial charge in [-0.2, -0.15) is 5.10 Å². The van der Waals surface area contributed by atoms with E-state index in [1.807, 2.05) is 0 Å². The van der Waals surface area contributed by atoms with Crippen LogP contribution in [-0.4, -0.2) is 21.6 Å². The molecule has 0 aliphatic rings. The van der Waals surface area contributed by atoms with Crippen LogP contribution in [0.25, 0.3) is 0 Å². The van der Waals surface area contributed by atoms with Gasteiger partial charge in [-0.05, 0) is 19.1 Å². The fourth-order valence-electron chi connectivity index (χ4n) is 1.94. The standard InChI is InChI=1S/C14H14F2N4O2/c1-7-4-13(20(3)19-7)14(22)18-12-6-11(17-8(2)21)9(15)5-10(12)16/h4-6H,1-3H3,(H,17,21)(H,18,22). The fraction of sp³-hybridized carbons (Fsp3) is 0.214. The molecule has 8 heteroatoms. The maximum absolute atomic E-state index is 13.8. The van der Waals surface area contributed by atoms with Gasteiger partial charge in [-0.15, -0.1) is 0 Å². The molecular formula is C14H14F2N4O2. The van der Waals surface area contributed by atoms with Gasteiger partial charge in [0.2, 0.25) is 5.91 Å². The Labute approximate surface area is 125 Å². The Morgan fingerprint density at radius 1 is 1.09 bits per heavy atom. The van der Waals surface area contributed by atoms with Crippen LogP contribution in [0.4, 0.5) is 20.2 Å². The number of carbonyl (C=O) groups is 2. The minimum atomic E-state index is -0.946. The molecule has 1 aromatic heterocycles. The molecular weight excluding hydrogens is 294 g/mol. The zero-order valence-corrected chi connectivity index (χ0v) is 12.2. The number of rotatable bonds is 3. The van der Waals surface area contributed by atoms with Crippen molar-refractivity contribution in [3.05, 3.63) is 41.2 Å². The fourth-order valence-corrected chi connectivity index (χ4v) is 1.94. The summed E-state index contributed by atoms with van der Waals surface area (Å²) in [6.07, 6.45) is 0. The van der Waals surface area contributed by atoms with Gasteiger partial charge in [0, 0.05) is 20.0 Å². The van der Waals surface area contributed by atoms with E-state index in [0.29, 0.717) is 11.8 Å². The lowest BCUT2D eigenvalue weighted by Crippen LogP contribution is -2.17. The van der Waals surface area contributed by atoms with Crippen molar-refractivity contribution in [1.29, 1.82) is 0 Å². The molecule has 0 bridgehead atoms. The number of carbonyl (C=O) groups excluding carboxylic acids is 2. The molecule has 6 nitrogen and oxygen atoms in total. The highest BCUT2D eigenvalue weighted by Gasteiger charge is 2.16. The number of hydrogen-bond donors (Lipinski definition) is 2. The van der Waals surface area contributed by atoms with Crippen molar-refractivity contribution in [1.82, 2.24) is 9.78 Å². The number of hydrogen-bond acceptors (Lipinski definition) is 3. The van der Waals surface area contributed by atoms with Gasteiger partial charge >= 0.3 is 0 Å². The van der Waals surface area contributed by atoms with Crippen molar-refractivity contribution in [2.24, 2.45) is 7.05 Å². The van der Waals surface area contributed by atoms with E-state index in [0.717, 1.165) is 6.07 Å². The number of aryl methyl sites for hydroxylation is 2. The lowest BCUT2D eigenvalue weighted by molar-refractivity contribution is -0.114. The molecule has 2 N–H and O–H groups in total. The highest BCUT2D eigenvalue weighted by atomic mass is 19.1. The molecule has 0 radical (unpaired) electrons. The number of halogens is 2. The SMILES string of the molecule is CC(=O)Nc1cc(NC(=O)c2cc(C)nn2C)c(F)cc1F. The van der Waals surface area contributed by atoms with E-state index >= 15 is 0 Å². The number of nitrogens with zero attached hydrogens (tertiary/aromatic N) is 2. The third-order valence-corrected chi connectivity index (χ3v) is 2.85. The van der Waals surface area contributed by atoms with Crippen molar-refractivity contribution in [2.45, 2.75) is 13.8 Å². The van der Waals surface area contributed by atoms with Gasteiger partial charge in [0.15, 0.2) is 0 Å². The third kappa shape index (κ3) is 3.27. The average molecular weight is 308 g/mol. The first-order chi connectivity index (χ1) is 10.3. The molecule has 1 aromatic carbocycles. The molecule has 0 atom stereocenters. The lowest BCUT2D eigenvalue weighted by Gasteiger charge is -2.10. The first-order valence-electron chi connectivity index (χ1n) is 6.36. The Morgan fingerprint density at radius 2 is 1.68 bits per heavy atom. The summed E-state index contributed by atoms with van der Waals surface area (Å²) in [6, 6.07) is 3.15. The molecule has 0 fully saturated rings. The number of aromatic nitrogens is 2. The minimum absolute atomic E-state index is 0.217. The topological polar surface area (TPSA) is 76.0 Å². The van der Waals surface area contributed by atoms with E-state index in [4.69, 9.17) is 0 Å². The van der Waals surface area contributed by atoms with Crippen LogP contribution in [0, 0.1) is 18.6 Å². The van der Waals surface area contributed by atoms with E-state index in [2.05, 4.69) is 15.7 Å². The van der Waals surface area contributed by atoms with Crippen molar-refractivity contribution >= 4 is 23.2 Å². The summed E-state index contributed by atoms with van der Waals surface area (Å²) in [5.41, 5.74) is 0.396. The smallest absolute Gasteiger partial charge is 0.274 e. The van der Waals surface area contributed by atoms with Gasteiger partial charge in [-0.25, -0.2) is 8.78 Å². The van der Waals surface area contributed by atoms with Crippen LogP contribution >= 0.6 is 0 Å². The molecule has 0 saturated carbocycles. The molecule has 0 aliphatic heterocycles. The Kier molecular flexibility index (Phi) is 4.20. The Bertz CT molecular complexity index is 756.